The third-order valence-corrected chi connectivity index (χ3v) is 2.07. The number of rotatable bonds is 6. The first-order valence-electron chi connectivity index (χ1n) is 5.36. The monoisotopic (exact) mass is 232 g/mol. The molecule has 0 fully saturated rings. The van der Waals surface area contributed by atoms with Crippen molar-refractivity contribution in [3.8, 4) is 0 Å². The second-order valence-corrected chi connectivity index (χ2v) is 3.53. The van der Waals surface area contributed by atoms with Gasteiger partial charge in [0.15, 0.2) is 0 Å². The molecule has 0 aromatic carbocycles. The maximum Gasteiger partial charge on any atom is 0.417 e. The minimum atomic E-state index is -1.02. The van der Waals surface area contributed by atoms with Crippen molar-refractivity contribution in [3.05, 3.63) is 0 Å². The second-order valence-electron chi connectivity index (χ2n) is 3.53. The molecule has 16 heavy (non-hydrogen) atoms. The van der Waals surface area contributed by atoms with Crippen LogP contribution in [0.25, 0.3) is 0 Å². The highest BCUT2D eigenvalue weighted by Crippen LogP contribution is 1.93. The lowest BCUT2D eigenvalue weighted by atomic mass is 10.3. The standard InChI is InChI=1S/C10H20N2O4/c1-3-7(11)5-15-9(13)10(14)16-6-8(12)4-2/h7-8H,3-6,11-12H2,1-2H3. The molecule has 0 saturated carbocycles. The molecule has 0 aliphatic rings. The summed E-state index contributed by atoms with van der Waals surface area (Å²) in [6.45, 7) is 3.75. The zero-order valence-electron chi connectivity index (χ0n) is 9.77. The Hall–Kier alpha value is -1.14. The van der Waals surface area contributed by atoms with Crippen molar-refractivity contribution in [2.24, 2.45) is 11.5 Å². The lowest BCUT2D eigenvalue weighted by molar-refractivity contribution is -0.168. The SMILES string of the molecule is CCC(N)COC(=O)C(=O)OCC(N)CC. The lowest BCUT2D eigenvalue weighted by Crippen LogP contribution is -2.32. The summed E-state index contributed by atoms with van der Waals surface area (Å²) in [5, 5.41) is 0. The number of hydrogen-bond acceptors (Lipinski definition) is 6. The molecule has 2 atom stereocenters. The van der Waals surface area contributed by atoms with E-state index < -0.39 is 11.9 Å². The van der Waals surface area contributed by atoms with E-state index in [-0.39, 0.29) is 25.3 Å². The highest BCUT2D eigenvalue weighted by molar-refractivity contribution is 6.29. The van der Waals surface area contributed by atoms with Gasteiger partial charge in [-0.1, -0.05) is 13.8 Å². The van der Waals surface area contributed by atoms with Crippen LogP contribution in [0.2, 0.25) is 0 Å². The fraction of sp³-hybridized carbons (Fsp3) is 0.800. The van der Waals surface area contributed by atoms with Gasteiger partial charge in [0.05, 0.1) is 0 Å². The predicted molar refractivity (Wildman–Crippen MR) is 58.5 cm³/mol. The van der Waals surface area contributed by atoms with Gasteiger partial charge in [0, 0.05) is 12.1 Å². The molecule has 0 bridgehead atoms. The normalized spacial score (nSPS) is 14.0. The van der Waals surface area contributed by atoms with Crippen LogP contribution in [0.15, 0.2) is 0 Å². The fourth-order valence-electron chi connectivity index (χ4n) is 0.719. The Morgan fingerprint density at radius 3 is 1.50 bits per heavy atom. The van der Waals surface area contributed by atoms with E-state index in [2.05, 4.69) is 9.47 Å². The smallest absolute Gasteiger partial charge is 0.417 e. The molecule has 0 rings (SSSR count). The molecule has 0 saturated heterocycles. The number of ether oxygens (including phenoxy) is 2. The molecule has 0 amide bonds. The zero-order chi connectivity index (χ0) is 12.6. The molecule has 0 aromatic heterocycles. The van der Waals surface area contributed by atoms with E-state index in [4.69, 9.17) is 11.5 Å². The van der Waals surface area contributed by atoms with E-state index in [1.165, 1.54) is 0 Å². The average molecular weight is 232 g/mol. The topological polar surface area (TPSA) is 105 Å². The Labute approximate surface area is 95.3 Å². The Morgan fingerprint density at radius 1 is 0.938 bits per heavy atom. The van der Waals surface area contributed by atoms with Crippen LogP contribution < -0.4 is 11.5 Å². The van der Waals surface area contributed by atoms with E-state index in [1.807, 2.05) is 13.8 Å². The van der Waals surface area contributed by atoms with Crippen molar-refractivity contribution in [2.75, 3.05) is 13.2 Å². The summed E-state index contributed by atoms with van der Waals surface area (Å²) in [4.78, 5) is 22.1. The van der Waals surface area contributed by atoms with Gasteiger partial charge in [0.25, 0.3) is 0 Å². The highest BCUT2D eigenvalue weighted by atomic mass is 16.6. The quantitative estimate of drug-likeness (QED) is 0.474. The van der Waals surface area contributed by atoms with Crippen LogP contribution in [0.3, 0.4) is 0 Å². The van der Waals surface area contributed by atoms with Crippen LogP contribution in [0, 0.1) is 0 Å². The predicted octanol–water partition coefficient (Wildman–Crippen LogP) is -0.453. The van der Waals surface area contributed by atoms with Crippen LogP contribution in [-0.4, -0.2) is 37.2 Å². The van der Waals surface area contributed by atoms with E-state index >= 15 is 0 Å². The fourth-order valence-corrected chi connectivity index (χ4v) is 0.719. The number of hydrogen-bond donors (Lipinski definition) is 2. The number of esters is 2. The Bertz CT molecular complexity index is 209. The maximum absolute atomic E-state index is 11.1. The molecule has 0 spiro atoms. The Morgan fingerprint density at radius 2 is 1.25 bits per heavy atom. The molecule has 0 heterocycles. The molecular formula is C10H20N2O4. The van der Waals surface area contributed by atoms with Gasteiger partial charge in [-0.05, 0) is 12.8 Å². The van der Waals surface area contributed by atoms with Crippen LogP contribution in [0.1, 0.15) is 26.7 Å². The molecule has 0 aromatic rings. The van der Waals surface area contributed by atoms with Gasteiger partial charge in [-0.25, -0.2) is 9.59 Å². The number of nitrogens with two attached hydrogens (primary N) is 2. The van der Waals surface area contributed by atoms with Crippen molar-refractivity contribution < 1.29 is 19.1 Å². The minimum absolute atomic E-state index is 0.0181. The molecule has 0 aliphatic heterocycles. The first kappa shape index (κ1) is 14.9. The maximum atomic E-state index is 11.1. The largest absolute Gasteiger partial charge is 0.456 e. The minimum Gasteiger partial charge on any atom is -0.456 e. The van der Waals surface area contributed by atoms with Crippen LogP contribution in [-0.2, 0) is 19.1 Å². The summed E-state index contributed by atoms with van der Waals surface area (Å²) in [6.07, 6.45) is 1.34. The average Bonchev–Trinajstić information content (AvgIpc) is 2.31. The summed E-state index contributed by atoms with van der Waals surface area (Å²) in [5.41, 5.74) is 11.0. The van der Waals surface area contributed by atoms with Crippen molar-refractivity contribution in [3.63, 3.8) is 0 Å². The molecular weight excluding hydrogens is 212 g/mol. The van der Waals surface area contributed by atoms with Gasteiger partial charge in [-0.2, -0.15) is 0 Å². The molecule has 6 nitrogen and oxygen atoms in total. The first-order chi connectivity index (χ1) is 7.51. The first-order valence-corrected chi connectivity index (χ1v) is 5.36. The van der Waals surface area contributed by atoms with Gasteiger partial charge < -0.3 is 20.9 Å². The van der Waals surface area contributed by atoms with Gasteiger partial charge >= 0.3 is 11.9 Å². The summed E-state index contributed by atoms with van der Waals surface area (Å²) in [7, 11) is 0. The molecule has 2 unspecified atom stereocenters. The Balaban J connectivity index is 3.78. The third kappa shape index (κ3) is 6.36. The molecule has 94 valence electrons. The summed E-state index contributed by atoms with van der Waals surface area (Å²) < 4.78 is 9.29. The van der Waals surface area contributed by atoms with Crippen LogP contribution >= 0.6 is 0 Å². The summed E-state index contributed by atoms with van der Waals surface area (Å²) in [6, 6.07) is -0.510. The van der Waals surface area contributed by atoms with Crippen molar-refractivity contribution in [1.82, 2.24) is 0 Å². The number of carbonyl (C=O) groups excluding carboxylic acids is 2. The summed E-state index contributed by atoms with van der Waals surface area (Å²) in [5.74, 6) is -2.04. The zero-order valence-corrected chi connectivity index (χ0v) is 9.77. The highest BCUT2D eigenvalue weighted by Gasteiger charge is 2.18. The van der Waals surface area contributed by atoms with Gasteiger partial charge in [0.2, 0.25) is 0 Å². The van der Waals surface area contributed by atoms with E-state index in [9.17, 15) is 9.59 Å². The number of carbonyl (C=O) groups is 2. The second kappa shape index (κ2) is 8.06. The van der Waals surface area contributed by atoms with Crippen molar-refractivity contribution in [1.29, 1.82) is 0 Å². The summed E-state index contributed by atoms with van der Waals surface area (Å²) >= 11 is 0. The van der Waals surface area contributed by atoms with Crippen molar-refractivity contribution >= 4 is 11.9 Å². The molecule has 6 heteroatoms. The van der Waals surface area contributed by atoms with Gasteiger partial charge in [-0.3, -0.25) is 0 Å². The molecule has 4 N–H and O–H groups in total. The van der Waals surface area contributed by atoms with Crippen molar-refractivity contribution in [2.45, 2.75) is 38.8 Å². The lowest BCUT2D eigenvalue weighted by Gasteiger charge is -2.11. The Kier molecular flexibility index (Phi) is 7.49. The van der Waals surface area contributed by atoms with Gasteiger partial charge in [-0.15, -0.1) is 0 Å². The van der Waals surface area contributed by atoms with E-state index in [1.54, 1.807) is 0 Å². The van der Waals surface area contributed by atoms with Gasteiger partial charge in [0.1, 0.15) is 13.2 Å². The van der Waals surface area contributed by atoms with E-state index in [0.29, 0.717) is 12.8 Å². The van der Waals surface area contributed by atoms with Crippen LogP contribution in [0.4, 0.5) is 0 Å². The molecule has 0 aliphatic carbocycles. The molecule has 0 radical (unpaired) electrons. The van der Waals surface area contributed by atoms with E-state index in [0.717, 1.165) is 0 Å². The van der Waals surface area contributed by atoms with Crippen LogP contribution in [0.5, 0.6) is 0 Å². The third-order valence-electron chi connectivity index (χ3n) is 2.07.